The van der Waals surface area contributed by atoms with E-state index in [0.717, 1.165) is 18.4 Å². The average Bonchev–Trinajstić information content (AvgIpc) is 2.01. The van der Waals surface area contributed by atoms with Gasteiger partial charge in [-0.2, -0.15) is 0 Å². The van der Waals surface area contributed by atoms with Crippen molar-refractivity contribution in [3.05, 3.63) is 23.3 Å². The molecule has 0 radical (unpaired) electrons. The van der Waals surface area contributed by atoms with Crippen LogP contribution < -0.4 is 0 Å². The zero-order valence-electron chi connectivity index (χ0n) is 9.23. The molecule has 15 heavy (non-hydrogen) atoms. The summed E-state index contributed by atoms with van der Waals surface area (Å²) in [7, 11) is 0. The Morgan fingerprint density at radius 1 is 1.27 bits per heavy atom. The monoisotopic (exact) mass is 270 g/mol. The Balaban J connectivity index is 4.15. The molecule has 0 aromatic rings. The third kappa shape index (κ3) is 8.15. The number of hydrogen-bond acceptors (Lipinski definition) is 1. The van der Waals surface area contributed by atoms with Gasteiger partial charge in [0.15, 0.2) is 0 Å². The molecular formula is C11H17Cl3O. The van der Waals surface area contributed by atoms with E-state index in [1.54, 1.807) is 6.08 Å². The number of allylic oxidation sites excluding steroid dienone is 3. The Morgan fingerprint density at radius 3 is 2.20 bits per heavy atom. The molecule has 0 rings (SSSR count). The number of hydrogen-bond donors (Lipinski definition) is 1. The molecule has 1 atom stereocenters. The van der Waals surface area contributed by atoms with E-state index in [1.165, 1.54) is 5.57 Å². The predicted molar refractivity (Wildman–Crippen MR) is 68.7 cm³/mol. The van der Waals surface area contributed by atoms with E-state index in [1.807, 2.05) is 6.92 Å². The summed E-state index contributed by atoms with van der Waals surface area (Å²) in [4.78, 5) is 0. The molecule has 0 saturated heterocycles. The Labute approximate surface area is 107 Å². The standard InChI is InChI=1S/C11H17Cl3O/c1-8(2)5-4-6-9(3)7-10(15)11(12,13)14/h5,7,10,15H,4,6H2,1-3H3/b9-7+. The molecule has 0 aliphatic heterocycles. The minimum atomic E-state index is -1.64. The number of halogens is 3. The quantitative estimate of drug-likeness (QED) is 0.593. The highest BCUT2D eigenvalue weighted by Gasteiger charge is 2.28. The van der Waals surface area contributed by atoms with Crippen molar-refractivity contribution in [1.82, 2.24) is 0 Å². The minimum absolute atomic E-state index is 0.864. The van der Waals surface area contributed by atoms with Crippen LogP contribution in [0.5, 0.6) is 0 Å². The van der Waals surface area contributed by atoms with E-state index in [4.69, 9.17) is 34.8 Å². The zero-order chi connectivity index (χ0) is 12.1. The molecule has 4 heteroatoms. The second-order valence-electron chi connectivity index (χ2n) is 3.82. The van der Waals surface area contributed by atoms with Crippen LogP contribution in [0.2, 0.25) is 0 Å². The van der Waals surface area contributed by atoms with Crippen LogP contribution in [-0.2, 0) is 0 Å². The first-order valence-corrected chi connectivity index (χ1v) is 5.92. The Hall–Kier alpha value is 0.310. The van der Waals surface area contributed by atoms with Crippen LogP contribution in [0.25, 0.3) is 0 Å². The molecule has 0 heterocycles. The van der Waals surface area contributed by atoms with E-state index >= 15 is 0 Å². The fraction of sp³-hybridized carbons (Fsp3) is 0.636. The van der Waals surface area contributed by atoms with Crippen LogP contribution in [0.1, 0.15) is 33.6 Å². The maximum atomic E-state index is 9.48. The van der Waals surface area contributed by atoms with E-state index in [2.05, 4.69) is 19.9 Å². The van der Waals surface area contributed by atoms with Gasteiger partial charge in [0.1, 0.15) is 6.10 Å². The number of alkyl halides is 3. The van der Waals surface area contributed by atoms with E-state index < -0.39 is 9.90 Å². The van der Waals surface area contributed by atoms with Crippen molar-refractivity contribution in [2.75, 3.05) is 0 Å². The molecule has 1 N–H and O–H groups in total. The van der Waals surface area contributed by atoms with E-state index in [-0.39, 0.29) is 0 Å². The van der Waals surface area contributed by atoms with Crippen LogP contribution in [0.15, 0.2) is 23.3 Å². The van der Waals surface area contributed by atoms with Crippen molar-refractivity contribution < 1.29 is 5.11 Å². The molecule has 0 fully saturated rings. The predicted octanol–water partition coefficient (Wildman–Crippen LogP) is 4.41. The molecule has 0 spiro atoms. The third-order valence-electron chi connectivity index (χ3n) is 1.87. The van der Waals surface area contributed by atoms with Gasteiger partial charge in [0.25, 0.3) is 0 Å². The van der Waals surface area contributed by atoms with Crippen molar-refractivity contribution in [2.45, 2.75) is 43.5 Å². The SMILES string of the molecule is CC(C)=CCC/C(C)=C/C(O)C(Cl)(Cl)Cl. The molecule has 1 unspecified atom stereocenters. The summed E-state index contributed by atoms with van der Waals surface area (Å²) >= 11 is 16.6. The van der Waals surface area contributed by atoms with Crippen molar-refractivity contribution in [3.8, 4) is 0 Å². The third-order valence-corrected chi connectivity index (χ3v) is 2.54. The van der Waals surface area contributed by atoms with Gasteiger partial charge >= 0.3 is 0 Å². The van der Waals surface area contributed by atoms with Crippen LogP contribution in [0.3, 0.4) is 0 Å². The van der Waals surface area contributed by atoms with Crippen LogP contribution >= 0.6 is 34.8 Å². The summed E-state index contributed by atoms with van der Waals surface area (Å²) in [6.07, 6.45) is 4.49. The Kier molecular flexibility index (Phi) is 6.94. The fourth-order valence-corrected chi connectivity index (χ4v) is 1.22. The average molecular weight is 272 g/mol. The largest absolute Gasteiger partial charge is 0.385 e. The number of aliphatic hydroxyl groups excluding tert-OH is 1. The van der Waals surface area contributed by atoms with Gasteiger partial charge in [0.2, 0.25) is 3.79 Å². The zero-order valence-corrected chi connectivity index (χ0v) is 11.5. The van der Waals surface area contributed by atoms with Gasteiger partial charge in [-0.1, -0.05) is 58.1 Å². The molecule has 0 aromatic heterocycles. The van der Waals surface area contributed by atoms with Crippen LogP contribution in [0, 0.1) is 0 Å². The Morgan fingerprint density at radius 2 is 1.80 bits per heavy atom. The first kappa shape index (κ1) is 15.3. The molecule has 0 aromatic carbocycles. The fourth-order valence-electron chi connectivity index (χ4n) is 1.04. The Bertz CT molecular complexity index is 247. The number of aliphatic hydroxyl groups is 1. The smallest absolute Gasteiger partial charge is 0.219 e. The molecule has 1 nitrogen and oxygen atoms in total. The molecule has 88 valence electrons. The van der Waals surface area contributed by atoms with Crippen LogP contribution in [-0.4, -0.2) is 15.0 Å². The van der Waals surface area contributed by atoms with Crippen molar-refractivity contribution >= 4 is 34.8 Å². The summed E-state index contributed by atoms with van der Waals surface area (Å²) < 4.78 is -1.64. The van der Waals surface area contributed by atoms with Gasteiger partial charge < -0.3 is 5.11 Å². The molecular weight excluding hydrogens is 254 g/mol. The molecule has 0 saturated carbocycles. The van der Waals surface area contributed by atoms with Gasteiger partial charge in [0.05, 0.1) is 0 Å². The lowest BCUT2D eigenvalue weighted by molar-refractivity contribution is 0.226. The van der Waals surface area contributed by atoms with Gasteiger partial charge in [-0.05, 0) is 33.6 Å². The molecule has 0 aliphatic carbocycles. The summed E-state index contributed by atoms with van der Waals surface area (Å²) in [6.45, 7) is 6.02. The summed E-state index contributed by atoms with van der Waals surface area (Å²) in [5, 5.41) is 9.48. The minimum Gasteiger partial charge on any atom is -0.385 e. The van der Waals surface area contributed by atoms with Gasteiger partial charge in [0, 0.05) is 0 Å². The lowest BCUT2D eigenvalue weighted by atomic mass is 10.1. The van der Waals surface area contributed by atoms with Crippen molar-refractivity contribution in [2.24, 2.45) is 0 Å². The van der Waals surface area contributed by atoms with Gasteiger partial charge in [-0.3, -0.25) is 0 Å². The summed E-state index contributed by atoms with van der Waals surface area (Å²) in [5.41, 5.74) is 2.30. The number of rotatable bonds is 4. The second kappa shape index (κ2) is 6.80. The lowest BCUT2D eigenvalue weighted by Gasteiger charge is -2.16. The van der Waals surface area contributed by atoms with Gasteiger partial charge in [-0.25, -0.2) is 0 Å². The summed E-state index contributed by atoms with van der Waals surface area (Å²) in [6, 6.07) is 0. The lowest BCUT2D eigenvalue weighted by Crippen LogP contribution is -2.22. The molecule has 0 amide bonds. The van der Waals surface area contributed by atoms with E-state index in [9.17, 15) is 5.11 Å². The highest BCUT2D eigenvalue weighted by atomic mass is 35.6. The van der Waals surface area contributed by atoms with Crippen molar-refractivity contribution in [3.63, 3.8) is 0 Å². The normalized spacial score (nSPS) is 15.0. The molecule has 0 aliphatic rings. The maximum Gasteiger partial charge on any atom is 0.219 e. The topological polar surface area (TPSA) is 20.2 Å². The second-order valence-corrected chi connectivity index (χ2v) is 6.19. The summed E-state index contributed by atoms with van der Waals surface area (Å²) in [5.74, 6) is 0. The highest BCUT2D eigenvalue weighted by Crippen LogP contribution is 2.31. The van der Waals surface area contributed by atoms with Crippen LogP contribution in [0.4, 0.5) is 0 Å². The van der Waals surface area contributed by atoms with Gasteiger partial charge in [-0.15, -0.1) is 0 Å². The highest BCUT2D eigenvalue weighted by molar-refractivity contribution is 6.68. The molecule has 0 bridgehead atoms. The van der Waals surface area contributed by atoms with Crippen molar-refractivity contribution in [1.29, 1.82) is 0 Å². The first-order chi connectivity index (χ1) is 6.73. The first-order valence-electron chi connectivity index (χ1n) is 4.79. The van der Waals surface area contributed by atoms with E-state index in [0.29, 0.717) is 0 Å². The maximum absolute atomic E-state index is 9.48.